The van der Waals surface area contributed by atoms with Crippen molar-refractivity contribution in [2.75, 3.05) is 33.2 Å². The van der Waals surface area contributed by atoms with Gasteiger partial charge >= 0.3 is 0 Å². The molecular weight excluding hydrogens is 258 g/mol. The van der Waals surface area contributed by atoms with Gasteiger partial charge in [0.2, 0.25) is 0 Å². The van der Waals surface area contributed by atoms with Crippen molar-refractivity contribution < 1.29 is 0 Å². The van der Waals surface area contributed by atoms with Gasteiger partial charge in [0, 0.05) is 31.7 Å². The topological polar surface area (TPSA) is 18.5 Å². The molecule has 0 bridgehead atoms. The number of benzene rings is 1. The van der Waals surface area contributed by atoms with E-state index in [2.05, 4.69) is 66.3 Å². The minimum absolute atomic E-state index is 0.651. The van der Waals surface area contributed by atoms with Crippen LogP contribution >= 0.6 is 0 Å². The van der Waals surface area contributed by atoms with Crippen LogP contribution in [0.25, 0.3) is 0 Å². The van der Waals surface area contributed by atoms with E-state index in [-0.39, 0.29) is 0 Å². The third kappa shape index (κ3) is 5.77. The van der Waals surface area contributed by atoms with Gasteiger partial charge in [-0.15, -0.1) is 0 Å². The van der Waals surface area contributed by atoms with Gasteiger partial charge in [-0.1, -0.05) is 30.3 Å². The Morgan fingerprint density at radius 2 is 2.05 bits per heavy atom. The maximum absolute atomic E-state index is 3.72. The van der Waals surface area contributed by atoms with Crippen LogP contribution in [0.15, 0.2) is 30.3 Å². The molecule has 0 saturated carbocycles. The molecule has 3 heteroatoms. The molecule has 0 aliphatic carbocycles. The van der Waals surface area contributed by atoms with Crippen LogP contribution in [0.5, 0.6) is 0 Å². The lowest BCUT2D eigenvalue weighted by Gasteiger charge is -2.21. The Kier molecular flexibility index (Phi) is 6.68. The number of hydrogen-bond acceptors (Lipinski definition) is 3. The quantitative estimate of drug-likeness (QED) is 0.742. The smallest absolute Gasteiger partial charge is 0.0234 e. The fourth-order valence-corrected chi connectivity index (χ4v) is 2.88. The van der Waals surface area contributed by atoms with E-state index in [1.165, 1.54) is 38.0 Å². The lowest BCUT2D eigenvalue weighted by molar-refractivity contribution is 0.266. The predicted molar refractivity (Wildman–Crippen MR) is 90.5 cm³/mol. The van der Waals surface area contributed by atoms with Crippen LogP contribution in [-0.2, 0) is 6.54 Å². The zero-order valence-electron chi connectivity index (χ0n) is 13.9. The third-order valence-corrected chi connectivity index (χ3v) is 4.52. The predicted octanol–water partition coefficient (Wildman–Crippen LogP) is 2.58. The highest BCUT2D eigenvalue weighted by Crippen LogP contribution is 2.13. The summed E-state index contributed by atoms with van der Waals surface area (Å²) in [6.45, 7) is 10.3. The van der Waals surface area contributed by atoms with Crippen molar-refractivity contribution in [3.05, 3.63) is 35.9 Å². The van der Waals surface area contributed by atoms with Crippen molar-refractivity contribution in [1.29, 1.82) is 0 Å². The summed E-state index contributed by atoms with van der Waals surface area (Å²) in [5, 5.41) is 3.72. The van der Waals surface area contributed by atoms with E-state index in [4.69, 9.17) is 0 Å². The van der Waals surface area contributed by atoms with Crippen LogP contribution < -0.4 is 5.32 Å². The second kappa shape index (κ2) is 8.52. The van der Waals surface area contributed by atoms with Gasteiger partial charge in [-0.2, -0.15) is 0 Å². The first-order valence-corrected chi connectivity index (χ1v) is 8.35. The molecule has 1 fully saturated rings. The highest BCUT2D eigenvalue weighted by molar-refractivity contribution is 5.14. The summed E-state index contributed by atoms with van der Waals surface area (Å²) >= 11 is 0. The van der Waals surface area contributed by atoms with E-state index >= 15 is 0 Å². The minimum Gasteiger partial charge on any atom is -0.313 e. The normalized spacial score (nSPS) is 19.8. The van der Waals surface area contributed by atoms with Crippen molar-refractivity contribution in [3.8, 4) is 0 Å². The molecule has 118 valence electrons. The van der Waals surface area contributed by atoms with Crippen LogP contribution in [-0.4, -0.2) is 55.1 Å². The maximum Gasteiger partial charge on any atom is 0.0234 e. The van der Waals surface area contributed by atoms with Gasteiger partial charge in [0.25, 0.3) is 0 Å². The second-order valence-electron chi connectivity index (χ2n) is 6.59. The van der Waals surface area contributed by atoms with E-state index in [1.807, 2.05) is 0 Å². The summed E-state index contributed by atoms with van der Waals surface area (Å²) < 4.78 is 0. The molecule has 0 aromatic heterocycles. The van der Waals surface area contributed by atoms with Gasteiger partial charge in [-0.25, -0.2) is 0 Å². The van der Waals surface area contributed by atoms with E-state index in [0.717, 1.165) is 13.1 Å². The third-order valence-electron chi connectivity index (χ3n) is 4.52. The highest BCUT2D eigenvalue weighted by Gasteiger charge is 2.21. The van der Waals surface area contributed by atoms with Crippen LogP contribution in [0.2, 0.25) is 0 Å². The molecule has 1 heterocycles. The zero-order chi connectivity index (χ0) is 15.1. The zero-order valence-corrected chi connectivity index (χ0v) is 13.9. The average molecular weight is 289 g/mol. The molecule has 1 aliphatic rings. The largest absolute Gasteiger partial charge is 0.313 e. The lowest BCUT2D eigenvalue weighted by Crippen LogP contribution is -2.35. The summed E-state index contributed by atoms with van der Waals surface area (Å²) in [6, 6.07) is 12.1. The molecule has 1 aromatic carbocycles. The molecule has 1 N–H and O–H groups in total. The lowest BCUT2D eigenvalue weighted by atomic mass is 10.2. The molecule has 21 heavy (non-hydrogen) atoms. The first-order chi connectivity index (χ1) is 10.1. The number of nitrogens with zero attached hydrogens (tertiary/aromatic N) is 2. The Labute approximate surface area is 130 Å². The van der Waals surface area contributed by atoms with Crippen LogP contribution in [0.4, 0.5) is 0 Å². The molecular formula is C18H31N3. The van der Waals surface area contributed by atoms with Crippen molar-refractivity contribution in [1.82, 2.24) is 15.1 Å². The van der Waals surface area contributed by atoms with E-state index in [1.54, 1.807) is 0 Å². The Hall–Kier alpha value is -0.900. The first-order valence-electron chi connectivity index (χ1n) is 8.35. The summed E-state index contributed by atoms with van der Waals surface area (Å²) in [7, 11) is 2.21. The molecule has 0 amide bonds. The number of likely N-dealkylation sites (tertiary alicyclic amines) is 1. The Morgan fingerprint density at radius 3 is 2.76 bits per heavy atom. The second-order valence-corrected chi connectivity index (χ2v) is 6.59. The van der Waals surface area contributed by atoms with Gasteiger partial charge in [0.05, 0.1) is 0 Å². The summed E-state index contributed by atoms with van der Waals surface area (Å²) in [5.74, 6) is 0. The van der Waals surface area contributed by atoms with Gasteiger partial charge in [0.1, 0.15) is 0 Å². The van der Waals surface area contributed by atoms with E-state index in [0.29, 0.717) is 12.1 Å². The maximum atomic E-state index is 3.72. The van der Waals surface area contributed by atoms with E-state index in [9.17, 15) is 0 Å². The van der Waals surface area contributed by atoms with Crippen molar-refractivity contribution in [2.24, 2.45) is 0 Å². The van der Waals surface area contributed by atoms with Gasteiger partial charge in [-0.05, 0) is 52.4 Å². The van der Waals surface area contributed by atoms with Gasteiger partial charge in [-0.3, -0.25) is 4.90 Å². The Bertz CT molecular complexity index is 391. The molecule has 0 spiro atoms. The Morgan fingerprint density at radius 1 is 1.29 bits per heavy atom. The minimum atomic E-state index is 0.651. The summed E-state index contributed by atoms with van der Waals surface area (Å²) in [5.41, 5.74) is 1.43. The molecule has 0 radical (unpaired) electrons. The molecule has 1 saturated heterocycles. The fraction of sp³-hybridized carbons (Fsp3) is 0.667. The molecule has 2 rings (SSSR count). The van der Waals surface area contributed by atoms with Gasteiger partial charge in [0.15, 0.2) is 0 Å². The summed E-state index contributed by atoms with van der Waals surface area (Å²) in [6.07, 6.45) is 2.52. The van der Waals surface area contributed by atoms with Crippen molar-refractivity contribution in [3.63, 3.8) is 0 Å². The number of hydrogen-bond donors (Lipinski definition) is 1. The molecule has 1 aromatic rings. The Balaban J connectivity index is 1.60. The molecule has 1 unspecified atom stereocenters. The van der Waals surface area contributed by atoms with Crippen LogP contribution in [0.1, 0.15) is 32.3 Å². The first kappa shape index (κ1) is 16.5. The standard InChI is InChI=1S/C18H31N3/c1-16(2)20(3)12-7-11-19-18-10-13-21(15-18)14-17-8-5-4-6-9-17/h4-6,8-9,16,18-19H,7,10-15H2,1-3H3. The van der Waals surface area contributed by atoms with Crippen molar-refractivity contribution >= 4 is 0 Å². The molecule has 1 aliphatic heterocycles. The van der Waals surface area contributed by atoms with Crippen LogP contribution in [0.3, 0.4) is 0 Å². The number of rotatable bonds is 8. The molecule has 1 atom stereocenters. The van der Waals surface area contributed by atoms with Crippen LogP contribution in [0, 0.1) is 0 Å². The van der Waals surface area contributed by atoms with Gasteiger partial charge < -0.3 is 10.2 Å². The van der Waals surface area contributed by atoms with E-state index < -0.39 is 0 Å². The summed E-state index contributed by atoms with van der Waals surface area (Å²) in [4.78, 5) is 4.98. The molecule has 3 nitrogen and oxygen atoms in total. The average Bonchev–Trinajstić information content (AvgIpc) is 2.92. The fourth-order valence-electron chi connectivity index (χ4n) is 2.88. The van der Waals surface area contributed by atoms with Crippen molar-refractivity contribution in [2.45, 2.75) is 45.3 Å². The highest BCUT2D eigenvalue weighted by atomic mass is 15.2. The monoisotopic (exact) mass is 289 g/mol. The number of nitrogens with one attached hydrogen (secondary N) is 1. The SMILES string of the molecule is CC(C)N(C)CCCNC1CCN(Cc2ccccc2)C1.